The highest BCUT2D eigenvalue weighted by Crippen LogP contribution is 2.24. The number of thiol groups is 1. The van der Waals surface area contributed by atoms with Crippen LogP contribution in [0.3, 0.4) is 0 Å². The molecule has 0 bridgehead atoms. The van der Waals surface area contributed by atoms with Gasteiger partial charge in [-0.25, -0.2) is 18.8 Å². The van der Waals surface area contributed by atoms with Gasteiger partial charge in [-0.1, -0.05) is 35.4 Å². The maximum atomic E-state index is 12.9. The van der Waals surface area contributed by atoms with Gasteiger partial charge in [0.15, 0.2) is 0 Å². The van der Waals surface area contributed by atoms with E-state index in [4.69, 9.17) is 11.6 Å². The quantitative estimate of drug-likeness (QED) is 0.194. The number of carbonyl (C=O) groups excluding carboxylic acids is 1. The molecule has 0 radical (unpaired) electrons. The van der Waals surface area contributed by atoms with Crippen molar-refractivity contribution in [2.45, 2.75) is 20.4 Å². The minimum Gasteiger partial charge on any atom is -0.324 e. The van der Waals surface area contributed by atoms with E-state index in [1.165, 1.54) is 0 Å². The molecule has 0 aliphatic rings. The van der Waals surface area contributed by atoms with Gasteiger partial charge < -0.3 is 4.57 Å². The summed E-state index contributed by atoms with van der Waals surface area (Å²) in [7, 11) is -3.08. The molecule has 1 heterocycles. The van der Waals surface area contributed by atoms with Crippen molar-refractivity contribution in [1.29, 1.82) is 0 Å². The second-order valence-corrected chi connectivity index (χ2v) is 10.0. The Kier molecular flexibility index (Phi) is 6.91. The number of rotatable bonds is 6. The first-order valence-electron chi connectivity index (χ1n) is 9.96. The number of hydrogen-bond donors (Lipinski definition) is 2. The SMILES string of the molecule is Cc1ccc(N(NC(=O)c2ccc3nc(C)n(Cc4ccc(I)cc4Cl)c3c2)[SH](=O)=O)cc1. The third-order valence-electron chi connectivity index (χ3n) is 5.19. The van der Waals surface area contributed by atoms with Gasteiger partial charge in [0.25, 0.3) is 5.91 Å². The highest BCUT2D eigenvalue weighted by Gasteiger charge is 2.17. The first-order valence-corrected chi connectivity index (χ1v) is 12.5. The van der Waals surface area contributed by atoms with Crippen LogP contribution in [0.15, 0.2) is 60.7 Å². The van der Waals surface area contributed by atoms with Crippen molar-refractivity contribution in [3.05, 3.63) is 91.8 Å². The van der Waals surface area contributed by atoms with Gasteiger partial charge in [-0.3, -0.25) is 4.79 Å². The molecule has 0 unspecified atom stereocenters. The molecule has 1 N–H and O–H groups in total. The number of nitrogens with one attached hydrogen (secondary N) is 1. The van der Waals surface area contributed by atoms with E-state index < -0.39 is 16.8 Å². The topological polar surface area (TPSA) is 84.3 Å². The number of halogens is 2. The number of carbonyl (C=O) groups is 1. The van der Waals surface area contributed by atoms with Crippen LogP contribution < -0.4 is 9.84 Å². The Morgan fingerprint density at radius 2 is 1.82 bits per heavy atom. The fraction of sp³-hybridized carbons (Fsp3) is 0.130. The molecular formula is C23H20ClIN4O3S. The maximum Gasteiger partial charge on any atom is 0.270 e. The van der Waals surface area contributed by atoms with Gasteiger partial charge in [-0.2, -0.15) is 4.41 Å². The van der Waals surface area contributed by atoms with Crippen LogP contribution >= 0.6 is 34.2 Å². The summed E-state index contributed by atoms with van der Waals surface area (Å²) in [6.45, 7) is 4.28. The summed E-state index contributed by atoms with van der Waals surface area (Å²) >= 11 is 8.63. The predicted molar refractivity (Wildman–Crippen MR) is 139 cm³/mol. The van der Waals surface area contributed by atoms with E-state index in [9.17, 15) is 13.2 Å². The van der Waals surface area contributed by atoms with Gasteiger partial charge >= 0.3 is 0 Å². The van der Waals surface area contributed by atoms with Crippen molar-refractivity contribution in [1.82, 2.24) is 15.0 Å². The first kappa shape index (κ1) is 23.5. The molecular weight excluding hydrogens is 575 g/mol. The zero-order chi connectivity index (χ0) is 23.7. The normalized spacial score (nSPS) is 11.2. The lowest BCUT2D eigenvalue weighted by molar-refractivity contribution is 0.0956. The van der Waals surface area contributed by atoms with E-state index in [2.05, 4.69) is 33.0 Å². The van der Waals surface area contributed by atoms with Crippen molar-refractivity contribution >= 4 is 67.7 Å². The van der Waals surface area contributed by atoms with E-state index in [1.54, 1.807) is 42.5 Å². The van der Waals surface area contributed by atoms with Crippen molar-refractivity contribution in [2.75, 3.05) is 4.41 Å². The Balaban J connectivity index is 1.66. The van der Waals surface area contributed by atoms with Crippen molar-refractivity contribution < 1.29 is 13.2 Å². The van der Waals surface area contributed by atoms with Gasteiger partial charge in [-0.15, -0.1) is 0 Å². The minimum absolute atomic E-state index is 0.311. The molecule has 0 atom stereocenters. The van der Waals surface area contributed by atoms with Gasteiger partial charge in [0.2, 0.25) is 10.9 Å². The Hall–Kier alpha value is -2.63. The lowest BCUT2D eigenvalue weighted by Gasteiger charge is -2.18. The molecule has 0 saturated carbocycles. The van der Waals surface area contributed by atoms with E-state index in [1.807, 2.05) is 36.6 Å². The number of nitrogens with zero attached hydrogens (tertiary/aromatic N) is 3. The Bertz CT molecular complexity index is 1430. The highest BCUT2D eigenvalue weighted by molar-refractivity contribution is 14.1. The van der Waals surface area contributed by atoms with Crippen LogP contribution in [0, 0.1) is 17.4 Å². The monoisotopic (exact) mass is 594 g/mol. The summed E-state index contributed by atoms with van der Waals surface area (Å²) in [5.41, 5.74) is 6.53. The van der Waals surface area contributed by atoms with Gasteiger partial charge in [-0.05, 0) is 84.5 Å². The standard InChI is InChI=1S/C23H20ClIN4O3S/c1-14-3-8-19(9-4-14)29(33(31)32)27-23(30)16-6-10-21-22(11-16)28(15(2)26-21)13-17-5-7-18(25)12-20(17)24/h3-12,33H,13H2,1-2H3,(H,27,30). The third-order valence-corrected chi connectivity index (χ3v) is 6.87. The zero-order valence-corrected chi connectivity index (χ0v) is 21.6. The fourth-order valence-electron chi connectivity index (χ4n) is 3.45. The summed E-state index contributed by atoms with van der Waals surface area (Å²) in [5.74, 6) is 0.232. The number of hydrazine groups is 1. The lowest BCUT2D eigenvalue weighted by atomic mass is 10.1. The molecule has 0 spiro atoms. The first-order chi connectivity index (χ1) is 15.7. The number of aromatic nitrogens is 2. The number of anilines is 1. The molecule has 0 aliphatic heterocycles. The fourth-order valence-corrected chi connectivity index (χ4v) is 4.86. The smallest absolute Gasteiger partial charge is 0.270 e. The molecule has 1 amide bonds. The second kappa shape index (κ2) is 9.70. The van der Waals surface area contributed by atoms with E-state index in [-0.39, 0.29) is 0 Å². The van der Waals surface area contributed by atoms with E-state index >= 15 is 0 Å². The Labute approximate surface area is 211 Å². The molecule has 33 heavy (non-hydrogen) atoms. The molecule has 0 aliphatic carbocycles. The van der Waals surface area contributed by atoms with Crippen LogP contribution in [-0.2, 0) is 17.4 Å². The molecule has 3 aromatic carbocycles. The van der Waals surface area contributed by atoms with Crippen molar-refractivity contribution in [2.24, 2.45) is 0 Å². The van der Waals surface area contributed by atoms with Gasteiger partial charge in [0.05, 0.1) is 23.3 Å². The largest absolute Gasteiger partial charge is 0.324 e. The number of fused-ring (bicyclic) bond motifs is 1. The second-order valence-electron chi connectivity index (χ2n) is 7.51. The molecule has 7 nitrogen and oxygen atoms in total. The number of aryl methyl sites for hydroxylation is 2. The predicted octanol–water partition coefficient (Wildman–Crippen LogP) is 4.64. The van der Waals surface area contributed by atoms with Crippen molar-refractivity contribution in [3.8, 4) is 0 Å². The molecule has 0 fully saturated rings. The van der Waals surface area contributed by atoms with Crippen LogP contribution in [0.5, 0.6) is 0 Å². The average Bonchev–Trinajstić information content (AvgIpc) is 3.08. The molecule has 4 aromatic rings. The summed E-state index contributed by atoms with van der Waals surface area (Å²) in [4.78, 5) is 17.5. The maximum absolute atomic E-state index is 12.9. The van der Waals surface area contributed by atoms with Crippen LogP contribution in [0.25, 0.3) is 11.0 Å². The van der Waals surface area contributed by atoms with Crippen LogP contribution in [0.1, 0.15) is 27.3 Å². The average molecular weight is 595 g/mol. The summed E-state index contributed by atoms with van der Waals surface area (Å²) in [6, 6.07) is 17.7. The van der Waals surface area contributed by atoms with Crippen LogP contribution in [-0.4, -0.2) is 23.9 Å². The molecule has 0 saturated heterocycles. The number of benzene rings is 3. The highest BCUT2D eigenvalue weighted by atomic mass is 127. The Morgan fingerprint density at radius 1 is 1.09 bits per heavy atom. The summed E-state index contributed by atoms with van der Waals surface area (Å²) in [6.07, 6.45) is 0. The van der Waals surface area contributed by atoms with Crippen molar-refractivity contribution in [3.63, 3.8) is 0 Å². The van der Waals surface area contributed by atoms with E-state index in [0.717, 1.165) is 36.0 Å². The molecule has 4 rings (SSSR count). The van der Waals surface area contributed by atoms with Gasteiger partial charge in [0.1, 0.15) is 5.82 Å². The van der Waals surface area contributed by atoms with E-state index in [0.29, 0.717) is 22.8 Å². The third kappa shape index (κ3) is 5.15. The van der Waals surface area contributed by atoms with Gasteiger partial charge in [0, 0.05) is 14.2 Å². The summed E-state index contributed by atoms with van der Waals surface area (Å²) in [5, 5.41) is 0.657. The number of amides is 1. The molecule has 10 heteroatoms. The number of imidazole rings is 1. The lowest BCUT2D eigenvalue weighted by Crippen LogP contribution is -2.41. The molecule has 1 aromatic heterocycles. The Morgan fingerprint density at radius 3 is 2.48 bits per heavy atom. The van der Waals surface area contributed by atoms with Crippen LogP contribution in [0.4, 0.5) is 5.69 Å². The minimum atomic E-state index is -3.08. The molecule has 170 valence electrons. The zero-order valence-electron chi connectivity index (χ0n) is 17.8. The van der Waals surface area contributed by atoms with Crippen LogP contribution in [0.2, 0.25) is 5.02 Å². The summed E-state index contributed by atoms with van der Waals surface area (Å²) < 4.78 is 27.5. The number of hydrogen-bond acceptors (Lipinski definition) is 4.